The van der Waals surface area contributed by atoms with E-state index in [0.717, 1.165) is 19.3 Å². The van der Waals surface area contributed by atoms with E-state index in [4.69, 9.17) is 10.5 Å². The quantitative estimate of drug-likeness (QED) is 0.643. The Bertz CT molecular complexity index is 961. The predicted molar refractivity (Wildman–Crippen MR) is 84.6 cm³/mol. The maximum Gasteiger partial charge on any atom is 0.204 e. The molecule has 1 aliphatic carbocycles. The number of benzene rings is 1. The molecule has 1 aromatic carbocycles. The van der Waals surface area contributed by atoms with Gasteiger partial charge in [0.15, 0.2) is 17.9 Å². The average Bonchev–Trinajstić information content (AvgIpc) is 2.70. The number of anilines is 1. The summed E-state index contributed by atoms with van der Waals surface area (Å²) in [5, 5.41) is -0.176. The minimum absolute atomic E-state index is 0.0701. The van der Waals surface area contributed by atoms with Crippen LogP contribution in [0.4, 0.5) is 14.5 Å². The number of nitrogen functional groups attached to an aromatic ring is 1. The Labute approximate surface area is 136 Å². The van der Waals surface area contributed by atoms with E-state index in [0.29, 0.717) is 18.4 Å². The Morgan fingerprint density at radius 1 is 1.25 bits per heavy atom. The molecular formula is C17H16F2N2O3. The SMILES string of the molecule is Cc1c(C=O)c(=O)c2c(N)c(F)c(F)c3c2n1C1(CCC1)CCO3. The number of hydrogen-bond donors (Lipinski definition) is 1. The lowest BCUT2D eigenvalue weighted by atomic mass is 9.73. The number of fused-ring (bicyclic) bond motifs is 1. The van der Waals surface area contributed by atoms with Crippen molar-refractivity contribution >= 4 is 22.9 Å². The monoisotopic (exact) mass is 334 g/mol. The summed E-state index contributed by atoms with van der Waals surface area (Å²) in [5.74, 6) is -2.80. The van der Waals surface area contributed by atoms with Crippen molar-refractivity contribution in [2.75, 3.05) is 12.3 Å². The van der Waals surface area contributed by atoms with E-state index in [1.54, 1.807) is 11.5 Å². The van der Waals surface area contributed by atoms with Gasteiger partial charge in [-0.1, -0.05) is 0 Å². The summed E-state index contributed by atoms with van der Waals surface area (Å²) in [6.45, 7) is 1.86. The number of pyridine rings is 1. The van der Waals surface area contributed by atoms with Crippen molar-refractivity contribution in [2.45, 2.75) is 38.1 Å². The van der Waals surface area contributed by atoms with E-state index in [1.807, 2.05) is 0 Å². The Kier molecular flexibility index (Phi) is 3.01. The second kappa shape index (κ2) is 4.78. The molecule has 0 bridgehead atoms. The van der Waals surface area contributed by atoms with Gasteiger partial charge in [0.2, 0.25) is 11.2 Å². The van der Waals surface area contributed by atoms with Crippen molar-refractivity contribution in [1.82, 2.24) is 4.57 Å². The van der Waals surface area contributed by atoms with Gasteiger partial charge in [-0.3, -0.25) is 9.59 Å². The fourth-order valence-corrected chi connectivity index (χ4v) is 4.08. The van der Waals surface area contributed by atoms with Crippen LogP contribution in [-0.4, -0.2) is 17.5 Å². The average molecular weight is 334 g/mol. The minimum atomic E-state index is -1.31. The van der Waals surface area contributed by atoms with Crippen molar-refractivity contribution in [1.29, 1.82) is 0 Å². The van der Waals surface area contributed by atoms with Gasteiger partial charge in [-0.25, -0.2) is 4.39 Å². The first kappa shape index (κ1) is 15.1. The van der Waals surface area contributed by atoms with Crippen molar-refractivity contribution in [3.05, 3.63) is 33.1 Å². The summed E-state index contributed by atoms with van der Waals surface area (Å²) in [6, 6.07) is 0. The van der Waals surface area contributed by atoms with Crippen LogP contribution in [0.15, 0.2) is 4.79 Å². The van der Waals surface area contributed by atoms with Crippen molar-refractivity contribution < 1.29 is 18.3 Å². The number of rotatable bonds is 1. The molecule has 2 heterocycles. The zero-order valence-electron chi connectivity index (χ0n) is 13.1. The first-order valence-corrected chi connectivity index (χ1v) is 7.87. The smallest absolute Gasteiger partial charge is 0.204 e. The maximum atomic E-state index is 14.4. The second-order valence-corrected chi connectivity index (χ2v) is 6.55. The molecule has 24 heavy (non-hydrogen) atoms. The Morgan fingerprint density at radius 3 is 2.54 bits per heavy atom. The van der Waals surface area contributed by atoms with E-state index < -0.39 is 22.8 Å². The van der Waals surface area contributed by atoms with Gasteiger partial charge < -0.3 is 15.0 Å². The highest BCUT2D eigenvalue weighted by atomic mass is 19.2. The Hall–Kier alpha value is -2.44. The largest absolute Gasteiger partial charge is 0.488 e. The number of aldehydes is 1. The van der Waals surface area contributed by atoms with Crippen LogP contribution in [0.1, 0.15) is 41.7 Å². The normalized spacial score (nSPS) is 18.1. The number of carbonyl (C=O) groups excluding carboxylic acids is 1. The van der Waals surface area contributed by atoms with Gasteiger partial charge in [0.05, 0.1) is 23.2 Å². The molecule has 126 valence electrons. The number of hydrogen-bond acceptors (Lipinski definition) is 4. The molecule has 2 aliphatic rings. The number of nitrogens with zero attached hydrogens (tertiary/aromatic N) is 1. The molecule has 0 saturated heterocycles. The first-order chi connectivity index (χ1) is 11.4. The van der Waals surface area contributed by atoms with Crippen LogP contribution in [0.2, 0.25) is 0 Å². The van der Waals surface area contributed by atoms with Gasteiger partial charge in [0.25, 0.3) is 0 Å². The van der Waals surface area contributed by atoms with E-state index in [1.165, 1.54) is 0 Å². The summed E-state index contributed by atoms with van der Waals surface area (Å²) >= 11 is 0. The molecule has 1 saturated carbocycles. The van der Waals surface area contributed by atoms with Crippen molar-refractivity contribution in [3.63, 3.8) is 0 Å². The molecule has 2 aromatic rings. The maximum absolute atomic E-state index is 14.4. The Morgan fingerprint density at radius 2 is 1.96 bits per heavy atom. The minimum Gasteiger partial charge on any atom is -0.488 e. The summed E-state index contributed by atoms with van der Waals surface area (Å²) in [6.07, 6.45) is 3.69. The van der Waals surface area contributed by atoms with Gasteiger partial charge >= 0.3 is 0 Å². The molecule has 1 spiro atoms. The number of carbonyl (C=O) groups is 1. The topological polar surface area (TPSA) is 74.3 Å². The van der Waals surface area contributed by atoms with E-state index in [-0.39, 0.29) is 34.4 Å². The molecule has 2 N–H and O–H groups in total. The zero-order valence-corrected chi connectivity index (χ0v) is 13.1. The third-order valence-electron chi connectivity index (χ3n) is 5.46. The number of aromatic nitrogens is 1. The highest BCUT2D eigenvalue weighted by molar-refractivity contribution is 5.99. The van der Waals surface area contributed by atoms with Crippen molar-refractivity contribution in [3.8, 4) is 5.75 Å². The van der Waals surface area contributed by atoms with E-state index in [2.05, 4.69) is 0 Å². The van der Waals surface area contributed by atoms with Crippen LogP contribution >= 0.6 is 0 Å². The van der Waals surface area contributed by atoms with Gasteiger partial charge in [-0.2, -0.15) is 4.39 Å². The summed E-state index contributed by atoms with van der Waals surface area (Å²) in [4.78, 5) is 24.1. The summed E-state index contributed by atoms with van der Waals surface area (Å²) in [5.41, 5.74) is 4.63. The van der Waals surface area contributed by atoms with E-state index >= 15 is 0 Å². The second-order valence-electron chi connectivity index (χ2n) is 6.55. The number of halogens is 2. The third-order valence-corrected chi connectivity index (χ3v) is 5.46. The van der Waals surface area contributed by atoms with Gasteiger partial charge in [0.1, 0.15) is 5.52 Å². The number of nitrogens with two attached hydrogens (primary N) is 1. The van der Waals surface area contributed by atoms with Crippen LogP contribution in [0.3, 0.4) is 0 Å². The van der Waals surface area contributed by atoms with Crippen LogP contribution < -0.4 is 15.9 Å². The fraction of sp³-hybridized carbons (Fsp3) is 0.412. The third kappa shape index (κ3) is 1.62. The molecule has 0 amide bonds. The molecule has 5 nitrogen and oxygen atoms in total. The lowest BCUT2D eigenvalue weighted by molar-refractivity contribution is 0.109. The van der Waals surface area contributed by atoms with Crippen LogP contribution in [-0.2, 0) is 5.54 Å². The molecule has 1 fully saturated rings. The molecule has 0 unspecified atom stereocenters. The predicted octanol–water partition coefficient (Wildman–Crippen LogP) is 2.64. The fourth-order valence-electron chi connectivity index (χ4n) is 4.08. The highest BCUT2D eigenvalue weighted by Crippen LogP contribution is 2.49. The molecule has 1 aromatic heterocycles. The number of ether oxygens (including phenoxy) is 1. The summed E-state index contributed by atoms with van der Waals surface area (Å²) in [7, 11) is 0. The van der Waals surface area contributed by atoms with E-state index in [9.17, 15) is 18.4 Å². The highest BCUT2D eigenvalue weighted by Gasteiger charge is 2.43. The molecule has 0 radical (unpaired) electrons. The van der Waals surface area contributed by atoms with Crippen molar-refractivity contribution in [2.24, 2.45) is 0 Å². The first-order valence-electron chi connectivity index (χ1n) is 7.87. The van der Waals surface area contributed by atoms with Gasteiger partial charge in [-0.05, 0) is 26.2 Å². The van der Waals surface area contributed by atoms with Gasteiger partial charge in [-0.15, -0.1) is 0 Å². The molecule has 1 aliphatic heterocycles. The zero-order chi connectivity index (χ0) is 17.2. The standard InChI is InChI=1S/C17H16F2N2O3/c1-8-9(7-22)15(23)10-13(20)11(18)12(19)16-14(10)21(8)17(3-2-4-17)5-6-24-16/h7H,2-6,20H2,1H3. The summed E-state index contributed by atoms with van der Waals surface area (Å²) < 4.78 is 35.9. The molecule has 7 heteroatoms. The van der Waals surface area contributed by atoms with Crippen LogP contribution in [0, 0.1) is 18.6 Å². The lowest BCUT2D eigenvalue weighted by Gasteiger charge is -2.45. The van der Waals surface area contributed by atoms with Gasteiger partial charge in [0, 0.05) is 17.7 Å². The lowest BCUT2D eigenvalue weighted by Crippen LogP contribution is -2.43. The van der Waals surface area contributed by atoms with Crippen LogP contribution in [0.25, 0.3) is 10.9 Å². The van der Waals surface area contributed by atoms with Crippen LogP contribution in [0.5, 0.6) is 5.75 Å². The molecule has 0 atom stereocenters. The Balaban J connectivity index is 2.32. The molecule has 4 rings (SSSR count). The molecular weight excluding hydrogens is 318 g/mol.